The minimum Gasteiger partial charge on any atom is -0.493 e. The molecule has 0 aliphatic rings. The molecule has 0 bridgehead atoms. The number of esters is 1. The Kier molecular flexibility index (Phi) is 8.90. The van der Waals surface area contributed by atoms with E-state index in [0.717, 1.165) is 27.6 Å². The number of aryl methyl sites for hydroxylation is 1. The summed E-state index contributed by atoms with van der Waals surface area (Å²) in [6, 6.07) is 11.6. The van der Waals surface area contributed by atoms with E-state index in [2.05, 4.69) is 28.2 Å². The number of carbonyl (C=O) groups is 2. The third kappa shape index (κ3) is 5.87. The number of hydrogen-bond acceptors (Lipinski definition) is 6. The molecule has 0 saturated carbocycles. The SMILES string of the molecule is CCOc1c(Br)cc(/C=C/C(=O)Nc2scc(-c3ccc(CC)cc3)c2C(=O)OC)cc1OC. The van der Waals surface area contributed by atoms with Gasteiger partial charge in [0.05, 0.1) is 25.3 Å². The molecule has 3 rings (SSSR count). The van der Waals surface area contributed by atoms with Crippen LogP contribution in [0.1, 0.15) is 35.3 Å². The Hall–Kier alpha value is -3.10. The van der Waals surface area contributed by atoms with E-state index in [1.165, 1.54) is 30.1 Å². The van der Waals surface area contributed by atoms with Crippen molar-refractivity contribution in [2.45, 2.75) is 20.3 Å². The standard InChI is InChI=1S/C26H26BrNO5S/c1-5-16-7-10-18(11-8-16)19-15-34-25(23(19)26(30)32-4)28-22(29)12-9-17-13-20(27)24(33-6-2)21(14-17)31-3/h7-15H,5-6H2,1-4H3,(H,28,29)/b12-9+. The third-order valence-electron chi connectivity index (χ3n) is 5.06. The lowest BCUT2D eigenvalue weighted by Crippen LogP contribution is -2.11. The van der Waals surface area contributed by atoms with Crippen molar-refractivity contribution >= 4 is 50.2 Å². The monoisotopic (exact) mass is 543 g/mol. The highest BCUT2D eigenvalue weighted by Crippen LogP contribution is 2.38. The predicted octanol–water partition coefficient (Wildman–Crippen LogP) is 6.59. The number of benzene rings is 2. The maximum atomic E-state index is 12.7. The number of nitrogens with one attached hydrogen (secondary N) is 1. The molecule has 8 heteroatoms. The van der Waals surface area contributed by atoms with Gasteiger partial charge in [-0.3, -0.25) is 4.79 Å². The summed E-state index contributed by atoms with van der Waals surface area (Å²) in [6.45, 7) is 4.48. The summed E-state index contributed by atoms with van der Waals surface area (Å²) in [5.41, 5.74) is 3.90. The number of rotatable bonds is 9. The summed E-state index contributed by atoms with van der Waals surface area (Å²) >= 11 is 4.76. The molecule has 0 aliphatic heterocycles. The number of anilines is 1. The van der Waals surface area contributed by atoms with Gasteiger partial charge in [-0.2, -0.15) is 0 Å². The highest BCUT2D eigenvalue weighted by molar-refractivity contribution is 9.10. The van der Waals surface area contributed by atoms with Crippen LogP contribution in [-0.4, -0.2) is 32.7 Å². The van der Waals surface area contributed by atoms with Gasteiger partial charge in [0.15, 0.2) is 11.5 Å². The van der Waals surface area contributed by atoms with Gasteiger partial charge in [0.2, 0.25) is 5.91 Å². The predicted molar refractivity (Wildman–Crippen MR) is 140 cm³/mol. The van der Waals surface area contributed by atoms with Gasteiger partial charge in [0.25, 0.3) is 0 Å². The van der Waals surface area contributed by atoms with Crippen molar-refractivity contribution in [3.05, 3.63) is 69.0 Å². The number of hydrogen-bond donors (Lipinski definition) is 1. The molecule has 6 nitrogen and oxygen atoms in total. The maximum absolute atomic E-state index is 12.7. The Morgan fingerprint density at radius 2 is 1.85 bits per heavy atom. The van der Waals surface area contributed by atoms with Crippen LogP contribution in [0.25, 0.3) is 17.2 Å². The zero-order valence-corrected chi connectivity index (χ0v) is 21.8. The summed E-state index contributed by atoms with van der Waals surface area (Å²) in [6.07, 6.45) is 3.99. The molecule has 1 heterocycles. The van der Waals surface area contributed by atoms with E-state index in [-0.39, 0.29) is 5.91 Å². The van der Waals surface area contributed by atoms with Crippen molar-refractivity contribution in [2.24, 2.45) is 0 Å². The van der Waals surface area contributed by atoms with E-state index < -0.39 is 5.97 Å². The van der Waals surface area contributed by atoms with Crippen LogP contribution < -0.4 is 14.8 Å². The van der Waals surface area contributed by atoms with E-state index in [4.69, 9.17) is 14.2 Å². The largest absolute Gasteiger partial charge is 0.493 e. The van der Waals surface area contributed by atoms with Gasteiger partial charge >= 0.3 is 5.97 Å². The topological polar surface area (TPSA) is 73.9 Å². The lowest BCUT2D eigenvalue weighted by Gasteiger charge is -2.12. The van der Waals surface area contributed by atoms with Crippen molar-refractivity contribution in [3.8, 4) is 22.6 Å². The number of methoxy groups -OCH3 is 2. The van der Waals surface area contributed by atoms with Crippen LogP contribution in [-0.2, 0) is 16.0 Å². The molecule has 0 unspecified atom stereocenters. The number of ether oxygens (including phenoxy) is 3. The second-order valence-corrected chi connectivity index (χ2v) is 8.92. The molecule has 3 aromatic rings. The zero-order chi connectivity index (χ0) is 24.7. The van der Waals surface area contributed by atoms with Crippen LogP contribution in [0.2, 0.25) is 0 Å². The first-order valence-electron chi connectivity index (χ1n) is 10.7. The van der Waals surface area contributed by atoms with Gasteiger partial charge in [-0.15, -0.1) is 11.3 Å². The minimum atomic E-state index is -0.504. The molecule has 0 atom stereocenters. The fraction of sp³-hybridized carbons (Fsp3) is 0.231. The zero-order valence-electron chi connectivity index (χ0n) is 19.4. The Bertz CT molecular complexity index is 1200. The van der Waals surface area contributed by atoms with Crippen LogP contribution in [0, 0.1) is 0 Å². The van der Waals surface area contributed by atoms with Crippen LogP contribution in [0.4, 0.5) is 5.00 Å². The average Bonchev–Trinajstić information content (AvgIpc) is 3.26. The van der Waals surface area contributed by atoms with Gasteiger partial charge in [0, 0.05) is 17.0 Å². The molecule has 0 aliphatic carbocycles. The van der Waals surface area contributed by atoms with Crippen molar-refractivity contribution in [2.75, 3.05) is 26.1 Å². The number of carbonyl (C=O) groups excluding carboxylic acids is 2. The van der Waals surface area contributed by atoms with E-state index in [9.17, 15) is 9.59 Å². The molecular formula is C26H26BrNO5S. The second-order valence-electron chi connectivity index (χ2n) is 7.19. The van der Waals surface area contributed by atoms with Crippen molar-refractivity contribution in [1.29, 1.82) is 0 Å². The van der Waals surface area contributed by atoms with E-state index in [0.29, 0.717) is 28.7 Å². The van der Waals surface area contributed by atoms with Crippen LogP contribution >= 0.6 is 27.3 Å². The molecule has 34 heavy (non-hydrogen) atoms. The van der Waals surface area contributed by atoms with Crippen LogP contribution in [0.15, 0.2) is 52.3 Å². The first-order chi connectivity index (χ1) is 16.4. The van der Waals surface area contributed by atoms with Crippen molar-refractivity contribution in [3.63, 3.8) is 0 Å². The molecule has 0 radical (unpaired) electrons. The lowest BCUT2D eigenvalue weighted by molar-refractivity contribution is -0.111. The van der Waals surface area contributed by atoms with Gasteiger partial charge in [-0.05, 0) is 64.2 Å². The summed E-state index contributed by atoms with van der Waals surface area (Å²) < 4.78 is 16.7. The number of halogens is 1. The molecule has 0 saturated heterocycles. The molecule has 1 amide bonds. The Labute approximate surface area is 211 Å². The van der Waals surface area contributed by atoms with E-state index >= 15 is 0 Å². The minimum absolute atomic E-state index is 0.337. The molecular weight excluding hydrogens is 518 g/mol. The molecule has 2 aromatic carbocycles. The Balaban J connectivity index is 1.84. The van der Waals surface area contributed by atoms with Crippen LogP contribution in [0.3, 0.4) is 0 Å². The summed E-state index contributed by atoms with van der Waals surface area (Å²) in [5.74, 6) is 0.285. The fourth-order valence-electron chi connectivity index (χ4n) is 3.33. The molecule has 0 spiro atoms. The first kappa shape index (κ1) is 25.5. The third-order valence-corrected chi connectivity index (χ3v) is 6.54. The second kappa shape index (κ2) is 11.9. The van der Waals surface area contributed by atoms with E-state index in [1.807, 2.05) is 42.6 Å². The average molecular weight is 544 g/mol. The Morgan fingerprint density at radius 1 is 1.12 bits per heavy atom. The maximum Gasteiger partial charge on any atom is 0.341 e. The smallest absolute Gasteiger partial charge is 0.341 e. The quantitative estimate of drug-likeness (QED) is 0.243. The molecule has 1 N–H and O–H groups in total. The van der Waals surface area contributed by atoms with E-state index in [1.54, 1.807) is 19.3 Å². The molecule has 0 fully saturated rings. The van der Waals surface area contributed by atoms with Gasteiger partial charge in [0.1, 0.15) is 10.6 Å². The highest BCUT2D eigenvalue weighted by atomic mass is 79.9. The summed E-state index contributed by atoms with van der Waals surface area (Å²) in [7, 11) is 2.88. The Morgan fingerprint density at radius 3 is 2.47 bits per heavy atom. The van der Waals surface area contributed by atoms with Gasteiger partial charge < -0.3 is 19.5 Å². The molecule has 1 aromatic heterocycles. The number of amides is 1. The summed E-state index contributed by atoms with van der Waals surface area (Å²) in [5, 5.41) is 5.09. The van der Waals surface area contributed by atoms with Crippen molar-refractivity contribution in [1.82, 2.24) is 0 Å². The normalized spacial score (nSPS) is 10.9. The lowest BCUT2D eigenvalue weighted by atomic mass is 10.0. The van der Waals surface area contributed by atoms with Gasteiger partial charge in [-0.1, -0.05) is 31.2 Å². The van der Waals surface area contributed by atoms with Crippen molar-refractivity contribution < 1.29 is 23.8 Å². The van der Waals surface area contributed by atoms with Gasteiger partial charge in [-0.25, -0.2) is 4.79 Å². The first-order valence-corrected chi connectivity index (χ1v) is 12.4. The summed E-state index contributed by atoms with van der Waals surface area (Å²) in [4.78, 5) is 25.2. The van der Waals surface area contributed by atoms with Crippen LogP contribution in [0.5, 0.6) is 11.5 Å². The molecule has 178 valence electrons. The fourth-order valence-corrected chi connectivity index (χ4v) is 4.87. The highest BCUT2D eigenvalue weighted by Gasteiger charge is 2.22. The number of thiophene rings is 1.